The van der Waals surface area contributed by atoms with Gasteiger partial charge in [0.2, 0.25) is 0 Å². The second-order valence-electron chi connectivity index (χ2n) is 11.7. The van der Waals surface area contributed by atoms with E-state index in [-0.39, 0.29) is 6.61 Å². The lowest BCUT2D eigenvalue weighted by atomic mass is 10.0. The minimum Gasteiger partial charge on any atom is -0.462 e. The Hall–Kier alpha value is -0.910. The van der Waals surface area contributed by atoms with E-state index in [1.807, 2.05) is 6.08 Å². The van der Waals surface area contributed by atoms with Crippen molar-refractivity contribution in [3.05, 3.63) is 12.2 Å². The van der Waals surface area contributed by atoms with E-state index in [2.05, 4.69) is 13.8 Å². The Kier molecular flexibility index (Phi) is 29.4. The van der Waals surface area contributed by atoms with Gasteiger partial charge in [0.25, 0.3) is 0 Å². The van der Waals surface area contributed by atoms with Crippen LogP contribution in [0.3, 0.4) is 0 Å². The van der Waals surface area contributed by atoms with Gasteiger partial charge in [-0.25, -0.2) is 4.79 Å². The molecule has 0 spiro atoms. The first-order valence-corrected chi connectivity index (χ1v) is 17.0. The highest BCUT2D eigenvalue weighted by atomic mass is 16.5. The molecule has 0 saturated heterocycles. The average Bonchev–Trinajstić information content (AvgIpc) is 2.94. The van der Waals surface area contributed by atoms with Crippen molar-refractivity contribution in [2.24, 2.45) is 5.73 Å². The highest BCUT2D eigenvalue weighted by Crippen LogP contribution is 2.14. The van der Waals surface area contributed by atoms with Crippen molar-refractivity contribution in [3.8, 4) is 0 Å². The Balaban J connectivity index is 3.62. The summed E-state index contributed by atoms with van der Waals surface area (Å²) < 4.78 is 5.16. The summed E-state index contributed by atoms with van der Waals surface area (Å²) in [7, 11) is 0. The van der Waals surface area contributed by atoms with Gasteiger partial charge in [-0.3, -0.25) is 0 Å². The molecule has 232 valence electrons. The smallest absolute Gasteiger partial charge is 0.335 e. The van der Waals surface area contributed by atoms with Crippen LogP contribution in [0, 0.1) is 0 Å². The summed E-state index contributed by atoms with van der Waals surface area (Å²) in [5, 5.41) is 20.3. The topological polar surface area (TPSA) is 92.8 Å². The standard InChI is InChI=1S/C34H67NO4/c1-3-5-7-9-11-13-15-17-19-20-22-24-26-28-32(36)31(35)30-39-34(38)33(37)29-27-25-23-21-18-16-14-12-10-8-6-4-2/h26,28,31-33,36-37H,3-25,27,29-30,35H2,1-2H3. The third kappa shape index (κ3) is 27.0. The highest BCUT2D eigenvalue weighted by molar-refractivity contribution is 5.74. The van der Waals surface area contributed by atoms with E-state index in [4.69, 9.17) is 10.5 Å². The number of allylic oxidation sites excluding steroid dienone is 1. The number of carbonyl (C=O) groups excluding carboxylic acids is 1. The Morgan fingerprint density at radius 2 is 1.03 bits per heavy atom. The van der Waals surface area contributed by atoms with Gasteiger partial charge in [-0.05, 0) is 19.3 Å². The van der Waals surface area contributed by atoms with E-state index in [1.54, 1.807) is 6.08 Å². The lowest BCUT2D eigenvalue weighted by molar-refractivity contribution is -0.154. The molecule has 3 atom stereocenters. The first kappa shape index (κ1) is 38.1. The molecule has 0 aromatic heterocycles. The molecule has 5 nitrogen and oxygen atoms in total. The van der Waals surface area contributed by atoms with Crippen LogP contribution in [-0.2, 0) is 9.53 Å². The molecule has 0 bridgehead atoms. The van der Waals surface area contributed by atoms with Gasteiger partial charge in [0.15, 0.2) is 6.10 Å². The lowest BCUT2D eigenvalue weighted by Gasteiger charge is -2.17. The molecular formula is C34H67NO4. The fraction of sp³-hybridized carbons (Fsp3) is 0.912. The van der Waals surface area contributed by atoms with Gasteiger partial charge >= 0.3 is 5.97 Å². The zero-order chi connectivity index (χ0) is 28.8. The number of ether oxygens (including phenoxy) is 1. The minimum atomic E-state index is -1.10. The van der Waals surface area contributed by atoms with Crippen molar-refractivity contribution in [3.63, 3.8) is 0 Å². The van der Waals surface area contributed by atoms with E-state index >= 15 is 0 Å². The molecule has 0 aliphatic carbocycles. The number of aliphatic hydroxyl groups is 2. The van der Waals surface area contributed by atoms with Crippen LogP contribution in [0.2, 0.25) is 0 Å². The van der Waals surface area contributed by atoms with Crippen LogP contribution in [-0.4, -0.2) is 41.0 Å². The zero-order valence-corrected chi connectivity index (χ0v) is 26.1. The van der Waals surface area contributed by atoms with Crippen LogP contribution in [0.5, 0.6) is 0 Å². The largest absolute Gasteiger partial charge is 0.462 e. The number of unbranched alkanes of at least 4 members (excludes halogenated alkanes) is 22. The molecule has 0 aromatic rings. The van der Waals surface area contributed by atoms with Crippen molar-refractivity contribution in [2.75, 3.05) is 6.61 Å². The van der Waals surface area contributed by atoms with Gasteiger partial charge in [0.05, 0.1) is 12.1 Å². The Labute approximate surface area is 242 Å². The number of rotatable bonds is 30. The van der Waals surface area contributed by atoms with Crippen molar-refractivity contribution in [2.45, 2.75) is 193 Å². The summed E-state index contributed by atoms with van der Waals surface area (Å²) in [6.45, 7) is 4.43. The van der Waals surface area contributed by atoms with Gasteiger partial charge < -0.3 is 20.7 Å². The Morgan fingerprint density at radius 3 is 1.46 bits per heavy atom. The molecule has 0 aliphatic heterocycles. The first-order chi connectivity index (χ1) is 19.0. The molecule has 0 rings (SSSR count). The number of aliphatic hydroxyl groups excluding tert-OH is 2. The molecule has 0 aromatic carbocycles. The average molecular weight is 554 g/mol. The van der Waals surface area contributed by atoms with Crippen molar-refractivity contribution in [1.29, 1.82) is 0 Å². The van der Waals surface area contributed by atoms with E-state index in [0.29, 0.717) is 6.42 Å². The summed E-state index contributed by atoms with van der Waals surface area (Å²) in [5.41, 5.74) is 5.97. The van der Waals surface area contributed by atoms with E-state index in [0.717, 1.165) is 32.1 Å². The van der Waals surface area contributed by atoms with Gasteiger partial charge in [-0.1, -0.05) is 167 Å². The summed E-state index contributed by atoms with van der Waals surface area (Å²) in [5.74, 6) is -0.634. The van der Waals surface area contributed by atoms with E-state index < -0.39 is 24.2 Å². The van der Waals surface area contributed by atoms with Crippen molar-refractivity contribution < 1.29 is 19.7 Å². The van der Waals surface area contributed by atoms with Gasteiger partial charge in [0.1, 0.15) is 6.61 Å². The molecule has 0 fully saturated rings. The minimum absolute atomic E-state index is 0.0850. The quantitative estimate of drug-likeness (QED) is 0.0469. The van der Waals surface area contributed by atoms with Crippen LogP contribution >= 0.6 is 0 Å². The summed E-state index contributed by atoms with van der Waals surface area (Å²) in [6, 6.07) is -0.679. The maximum atomic E-state index is 12.1. The fourth-order valence-corrected chi connectivity index (χ4v) is 4.97. The summed E-state index contributed by atoms with van der Waals surface area (Å²) in [6.07, 6.45) is 32.6. The predicted octanol–water partition coefficient (Wildman–Crippen LogP) is 8.93. The van der Waals surface area contributed by atoms with Crippen molar-refractivity contribution in [1.82, 2.24) is 0 Å². The molecule has 0 saturated carbocycles. The number of hydrogen-bond donors (Lipinski definition) is 3. The fourth-order valence-electron chi connectivity index (χ4n) is 4.97. The normalized spacial score (nSPS) is 14.1. The van der Waals surface area contributed by atoms with Crippen LogP contribution in [0.15, 0.2) is 12.2 Å². The second kappa shape index (κ2) is 30.1. The zero-order valence-electron chi connectivity index (χ0n) is 26.1. The number of carbonyl (C=O) groups is 1. The molecule has 0 aliphatic rings. The first-order valence-electron chi connectivity index (χ1n) is 17.0. The third-order valence-electron chi connectivity index (χ3n) is 7.77. The van der Waals surface area contributed by atoms with Gasteiger partial charge in [-0.2, -0.15) is 0 Å². The number of esters is 1. The molecule has 0 heterocycles. The van der Waals surface area contributed by atoms with Crippen LogP contribution in [0.4, 0.5) is 0 Å². The lowest BCUT2D eigenvalue weighted by Crippen LogP contribution is -2.39. The van der Waals surface area contributed by atoms with Crippen LogP contribution in [0.1, 0.15) is 174 Å². The predicted molar refractivity (Wildman–Crippen MR) is 167 cm³/mol. The molecule has 4 N–H and O–H groups in total. The van der Waals surface area contributed by atoms with Gasteiger partial charge in [-0.15, -0.1) is 0 Å². The summed E-state index contributed by atoms with van der Waals surface area (Å²) >= 11 is 0. The van der Waals surface area contributed by atoms with Crippen LogP contribution < -0.4 is 5.73 Å². The summed E-state index contributed by atoms with van der Waals surface area (Å²) in [4.78, 5) is 12.1. The highest BCUT2D eigenvalue weighted by Gasteiger charge is 2.19. The third-order valence-corrected chi connectivity index (χ3v) is 7.77. The van der Waals surface area contributed by atoms with Gasteiger partial charge in [0, 0.05) is 0 Å². The second-order valence-corrected chi connectivity index (χ2v) is 11.7. The Bertz CT molecular complexity index is 539. The molecule has 5 heteroatoms. The monoisotopic (exact) mass is 554 g/mol. The number of nitrogens with two attached hydrogens (primary N) is 1. The maximum Gasteiger partial charge on any atom is 0.335 e. The molecule has 39 heavy (non-hydrogen) atoms. The Morgan fingerprint density at radius 1 is 0.641 bits per heavy atom. The molecule has 3 unspecified atom stereocenters. The molecule has 0 radical (unpaired) electrons. The molecule has 0 amide bonds. The molecular weight excluding hydrogens is 486 g/mol. The SMILES string of the molecule is CCCCCCCCCCCCCC=CC(O)C(N)COC(=O)C(O)CCCCCCCCCCCCCC. The van der Waals surface area contributed by atoms with Crippen LogP contribution in [0.25, 0.3) is 0 Å². The van der Waals surface area contributed by atoms with Crippen molar-refractivity contribution >= 4 is 5.97 Å². The van der Waals surface area contributed by atoms with E-state index in [9.17, 15) is 15.0 Å². The maximum absolute atomic E-state index is 12.1. The number of hydrogen-bond acceptors (Lipinski definition) is 5. The van der Waals surface area contributed by atoms with E-state index in [1.165, 1.54) is 122 Å².